The van der Waals surface area contributed by atoms with Crippen molar-refractivity contribution in [2.75, 3.05) is 20.6 Å². The first kappa shape index (κ1) is 16.6. The third-order valence-electron chi connectivity index (χ3n) is 3.70. The van der Waals surface area contributed by atoms with Crippen LogP contribution in [0.2, 0.25) is 0 Å². The highest BCUT2D eigenvalue weighted by Crippen LogP contribution is 2.18. The normalized spacial score (nSPS) is 27.2. The van der Waals surface area contributed by atoms with Crippen molar-refractivity contribution in [3.05, 3.63) is 0 Å². The molecule has 0 amide bonds. The van der Waals surface area contributed by atoms with Gasteiger partial charge in [-0.3, -0.25) is 4.90 Å². The van der Waals surface area contributed by atoms with E-state index in [9.17, 15) is 4.79 Å². The van der Waals surface area contributed by atoms with Crippen molar-refractivity contribution in [1.29, 1.82) is 0 Å². The van der Waals surface area contributed by atoms with E-state index in [2.05, 4.69) is 44.8 Å². The van der Waals surface area contributed by atoms with E-state index in [-0.39, 0.29) is 6.04 Å². The van der Waals surface area contributed by atoms with Gasteiger partial charge >= 0.3 is 0 Å². The van der Waals surface area contributed by atoms with E-state index < -0.39 is 0 Å². The van der Waals surface area contributed by atoms with Gasteiger partial charge in [-0.2, -0.15) is 0 Å². The van der Waals surface area contributed by atoms with Gasteiger partial charge in [0.25, 0.3) is 0 Å². The first-order valence-corrected chi connectivity index (χ1v) is 6.55. The zero-order valence-corrected chi connectivity index (χ0v) is 12.6. The monoisotopic (exact) mass is 242 g/mol. The van der Waals surface area contributed by atoms with E-state index in [4.69, 9.17) is 0 Å². The molecular weight excluding hydrogens is 212 g/mol. The Labute approximate surface area is 107 Å². The molecule has 0 aromatic carbocycles. The van der Waals surface area contributed by atoms with Crippen LogP contribution in [0, 0.1) is 11.3 Å². The van der Waals surface area contributed by atoms with Crippen molar-refractivity contribution in [2.45, 2.75) is 53.1 Å². The summed E-state index contributed by atoms with van der Waals surface area (Å²) in [5, 5.41) is 3.20. The summed E-state index contributed by atoms with van der Waals surface area (Å²) in [6.07, 6.45) is 2.09. The van der Waals surface area contributed by atoms with Gasteiger partial charge in [0.2, 0.25) is 0 Å². The summed E-state index contributed by atoms with van der Waals surface area (Å²) in [4.78, 5) is 12.4. The van der Waals surface area contributed by atoms with E-state index in [0.29, 0.717) is 17.4 Å². The number of hydrogen-bond acceptors (Lipinski definition) is 3. The lowest BCUT2D eigenvalue weighted by Gasteiger charge is -2.26. The Morgan fingerprint density at radius 1 is 1.41 bits per heavy atom. The minimum atomic E-state index is 0.194. The number of nitrogens with one attached hydrogen (secondary N) is 1. The quantitative estimate of drug-likeness (QED) is 0.753. The fourth-order valence-electron chi connectivity index (χ4n) is 1.89. The number of aldehydes is 1. The predicted molar refractivity (Wildman–Crippen MR) is 74.2 cm³/mol. The van der Waals surface area contributed by atoms with Crippen LogP contribution in [0.25, 0.3) is 0 Å². The molecule has 0 radical (unpaired) electrons. The number of rotatable bonds is 2. The van der Waals surface area contributed by atoms with Crippen LogP contribution in [0.5, 0.6) is 0 Å². The molecule has 1 rings (SSSR count). The molecular formula is C14H30N2O. The number of carbonyl (C=O) groups excluding carboxylic acids is 1. The van der Waals surface area contributed by atoms with Crippen LogP contribution in [0.15, 0.2) is 0 Å². The van der Waals surface area contributed by atoms with Gasteiger partial charge in [0, 0.05) is 12.6 Å². The number of nitrogens with zero attached hydrogens (tertiary/aromatic N) is 1. The summed E-state index contributed by atoms with van der Waals surface area (Å²) in [6, 6.07) is 0.794. The fraction of sp³-hybridized carbons (Fsp3) is 0.929. The van der Waals surface area contributed by atoms with Crippen LogP contribution in [0.3, 0.4) is 0 Å². The Balaban J connectivity index is 0.000000304. The maximum absolute atomic E-state index is 10.3. The van der Waals surface area contributed by atoms with Gasteiger partial charge < -0.3 is 10.1 Å². The van der Waals surface area contributed by atoms with E-state index in [0.717, 1.165) is 19.3 Å². The van der Waals surface area contributed by atoms with E-state index in [1.807, 2.05) is 14.1 Å². The van der Waals surface area contributed by atoms with Crippen molar-refractivity contribution in [3.8, 4) is 0 Å². The summed E-state index contributed by atoms with van der Waals surface area (Å²) in [7, 11) is 4.00. The highest BCUT2D eigenvalue weighted by atomic mass is 16.1. The smallest absolute Gasteiger partial charge is 0.137 e. The second kappa shape index (κ2) is 7.12. The Kier molecular flexibility index (Phi) is 6.95. The molecule has 0 aliphatic carbocycles. The molecule has 1 aliphatic heterocycles. The van der Waals surface area contributed by atoms with E-state index in [1.54, 1.807) is 0 Å². The first-order valence-electron chi connectivity index (χ1n) is 6.55. The molecule has 17 heavy (non-hydrogen) atoms. The Bertz CT molecular complexity index is 223. The molecule has 3 nitrogen and oxygen atoms in total. The minimum Gasteiger partial charge on any atom is -0.317 e. The van der Waals surface area contributed by atoms with E-state index >= 15 is 0 Å². The minimum absolute atomic E-state index is 0.194. The van der Waals surface area contributed by atoms with Gasteiger partial charge in [0.15, 0.2) is 0 Å². The predicted octanol–water partition coefficient (Wildman–Crippen LogP) is 2.17. The molecule has 3 atom stereocenters. The molecule has 0 aromatic heterocycles. The average molecular weight is 242 g/mol. The Morgan fingerprint density at radius 3 is 2.06 bits per heavy atom. The molecule has 0 bridgehead atoms. The third kappa shape index (κ3) is 6.18. The van der Waals surface area contributed by atoms with Gasteiger partial charge in [0.1, 0.15) is 6.29 Å². The number of likely N-dealkylation sites (N-methyl/N-ethyl adjacent to an activating group) is 1. The maximum Gasteiger partial charge on any atom is 0.137 e. The standard InChI is InChI=1S/C7H13NO.C7H17N/c1-6-3-7(5-9)8(2)4-6;1-6(8-5)7(2,3)4/h5-7H,3-4H2,1-2H3;6,8H,1-5H3/t6-,7-;6-/m01/s1. The zero-order valence-electron chi connectivity index (χ0n) is 12.6. The second-order valence-electron chi connectivity index (χ2n) is 6.36. The molecule has 0 spiro atoms. The van der Waals surface area contributed by atoms with Crippen LogP contribution in [0.4, 0.5) is 0 Å². The number of likely N-dealkylation sites (tertiary alicyclic amines) is 1. The van der Waals surface area contributed by atoms with Crippen LogP contribution in [0.1, 0.15) is 41.0 Å². The molecule has 0 unspecified atom stereocenters. The molecule has 1 heterocycles. The molecule has 1 saturated heterocycles. The van der Waals surface area contributed by atoms with Gasteiger partial charge in [0.05, 0.1) is 6.04 Å². The van der Waals surface area contributed by atoms with Crippen LogP contribution in [-0.2, 0) is 4.79 Å². The Hall–Kier alpha value is -0.410. The molecule has 3 heteroatoms. The molecule has 1 aliphatic rings. The highest BCUT2D eigenvalue weighted by Gasteiger charge is 2.25. The maximum atomic E-state index is 10.3. The molecule has 102 valence electrons. The highest BCUT2D eigenvalue weighted by molar-refractivity contribution is 5.58. The zero-order chi connectivity index (χ0) is 13.6. The summed E-state index contributed by atoms with van der Waals surface area (Å²) in [5.41, 5.74) is 0.398. The molecule has 0 aromatic rings. The van der Waals surface area contributed by atoms with Crippen molar-refractivity contribution >= 4 is 6.29 Å². The largest absolute Gasteiger partial charge is 0.317 e. The SMILES string of the molecule is CN[C@H](C)C(C)(C)C.C[C@H]1C[C@@H](C=O)N(C)C1. The summed E-state index contributed by atoms with van der Waals surface area (Å²) >= 11 is 0. The van der Waals surface area contributed by atoms with Crippen LogP contribution < -0.4 is 5.32 Å². The summed E-state index contributed by atoms with van der Waals surface area (Å²) in [6.45, 7) is 12.1. The molecule has 1 fully saturated rings. The fourth-order valence-corrected chi connectivity index (χ4v) is 1.89. The Morgan fingerprint density at radius 2 is 1.94 bits per heavy atom. The lowest BCUT2D eigenvalue weighted by Crippen LogP contribution is -2.34. The first-order chi connectivity index (χ1) is 7.72. The van der Waals surface area contributed by atoms with Gasteiger partial charge in [-0.25, -0.2) is 0 Å². The number of hydrogen-bond donors (Lipinski definition) is 1. The van der Waals surface area contributed by atoms with Crippen molar-refractivity contribution in [2.24, 2.45) is 11.3 Å². The van der Waals surface area contributed by atoms with Crippen molar-refractivity contribution in [3.63, 3.8) is 0 Å². The van der Waals surface area contributed by atoms with Crippen LogP contribution in [-0.4, -0.2) is 43.9 Å². The topological polar surface area (TPSA) is 32.3 Å². The average Bonchev–Trinajstić information content (AvgIpc) is 2.55. The van der Waals surface area contributed by atoms with E-state index in [1.165, 1.54) is 0 Å². The third-order valence-corrected chi connectivity index (χ3v) is 3.70. The molecule has 1 N–H and O–H groups in total. The second-order valence-corrected chi connectivity index (χ2v) is 6.36. The lowest BCUT2D eigenvalue weighted by atomic mass is 9.88. The van der Waals surface area contributed by atoms with Crippen molar-refractivity contribution in [1.82, 2.24) is 10.2 Å². The van der Waals surface area contributed by atoms with Gasteiger partial charge in [-0.15, -0.1) is 0 Å². The van der Waals surface area contributed by atoms with Crippen molar-refractivity contribution < 1.29 is 4.79 Å². The lowest BCUT2D eigenvalue weighted by molar-refractivity contribution is -0.111. The number of carbonyl (C=O) groups is 1. The molecule has 0 saturated carbocycles. The van der Waals surface area contributed by atoms with Gasteiger partial charge in [-0.1, -0.05) is 27.7 Å². The summed E-state index contributed by atoms with van der Waals surface area (Å²) in [5.74, 6) is 0.699. The van der Waals surface area contributed by atoms with Crippen LogP contribution >= 0.6 is 0 Å². The van der Waals surface area contributed by atoms with Gasteiger partial charge in [-0.05, 0) is 38.8 Å². The summed E-state index contributed by atoms with van der Waals surface area (Å²) < 4.78 is 0.